The van der Waals surface area contributed by atoms with Gasteiger partial charge in [-0.1, -0.05) is 6.07 Å². The summed E-state index contributed by atoms with van der Waals surface area (Å²) in [5, 5.41) is 20.9. The number of aliphatic hydroxyl groups is 1. The minimum Gasteiger partial charge on any atom is -0.495 e. The number of thiophene rings is 1. The standard InChI is InChI=1S/C11H10O4S/c1-15-8-3-2-6(9(12)11(13)14)7-4-5-16-10(7)8/h2-5,9,12H,1H3,(H,13,14). The number of carboxylic acid groups (broad SMARTS) is 1. The number of methoxy groups -OCH3 is 1. The summed E-state index contributed by atoms with van der Waals surface area (Å²) in [6.45, 7) is 0. The van der Waals surface area contributed by atoms with Gasteiger partial charge in [0.1, 0.15) is 5.75 Å². The third-order valence-electron chi connectivity index (χ3n) is 2.36. The van der Waals surface area contributed by atoms with Gasteiger partial charge in [-0.3, -0.25) is 0 Å². The Hall–Kier alpha value is -1.59. The van der Waals surface area contributed by atoms with Gasteiger partial charge in [0, 0.05) is 10.9 Å². The lowest BCUT2D eigenvalue weighted by Crippen LogP contribution is -2.10. The smallest absolute Gasteiger partial charge is 0.337 e. The summed E-state index contributed by atoms with van der Waals surface area (Å²) in [4.78, 5) is 10.7. The van der Waals surface area contributed by atoms with Crippen LogP contribution in [0.15, 0.2) is 23.6 Å². The van der Waals surface area contributed by atoms with E-state index in [2.05, 4.69) is 0 Å². The molecule has 16 heavy (non-hydrogen) atoms. The molecule has 1 aromatic carbocycles. The van der Waals surface area contributed by atoms with E-state index >= 15 is 0 Å². The normalized spacial score (nSPS) is 12.6. The van der Waals surface area contributed by atoms with Crippen LogP contribution in [-0.4, -0.2) is 23.3 Å². The highest BCUT2D eigenvalue weighted by Gasteiger charge is 2.20. The Morgan fingerprint density at radius 2 is 2.19 bits per heavy atom. The fourth-order valence-electron chi connectivity index (χ4n) is 1.59. The van der Waals surface area contributed by atoms with Gasteiger partial charge in [-0.05, 0) is 17.5 Å². The molecule has 0 aliphatic carbocycles. The minimum absolute atomic E-state index is 0.393. The molecule has 1 heterocycles. The summed E-state index contributed by atoms with van der Waals surface area (Å²) in [7, 11) is 1.56. The fourth-order valence-corrected chi connectivity index (χ4v) is 2.51. The van der Waals surface area contributed by atoms with Gasteiger partial charge in [0.15, 0.2) is 6.10 Å². The van der Waals surface area contributed by atoms with Gasteiger partial charge in [-0.25, -0.2) is 4.79 Å². The largest absolute Gasteiger partial charge is 0.495 e. The van der Waals surface area contributed by atoms with E-state index in [1.807, 2.05) is 5.38 Å². The van der Waals surface area contributed by atoms with Crippen LogP contribution in [0.3, 0.4) is 0 Å². The third kappa shape index (κ3) is 1.64. The number of hydrogen-bond acceptors (Lipinski definition) is 4. The first-order valence-corrected chi connectivity index (χ1v) is 5.48. The number of ether oxygens (including phenoxy) is 1. The average molecular weight is 238 g/mol. The lowest BCUT2D eigenvalue weighted by atomic mass is 10.0. The van der Waals surface area contributed by atoms with Crippen LogP contribution >= 0.6 is 11.3 Å². The van der Waals surface area contributed by atoms with E-state index in [0.717, 1.165) is 10.1 Å². The molecule has 1 unspecified atom stereocenters. The summed E-state index contributed by atoms with van der Waals surface area (Å²) < 4.78 is 6.01. The van der Waals surface area contributed by atoms with E-state index in [1.54, 1.807) is 25.3 Å². The van der Waals surface area contributed by atoms with Crippen molar-refractivity contribution < 1.29 is 19.7 Å². The molecule has 2 rings (SSSR count). The van der Waals surface area contributed by atoms with E-state index in [-0.39, 0.29) is 0 Å². The molecular weight excluding hydrogens is 228 g/mol. The van der Waals surface area contributed by atoms with Crippen molar-refractivity contribution in [3.8, 4) is 5.75 Å². The zero-order valence-corrected chi connectivity index (χ0v) is 9.32. The summed E-state index contributed by atoms with van der Waals surface area (Å²) >= 11 is 1.45. The van der Waals surface area contributed by atoms with Crippen molar-refractivity contribution in [2.75, 3.05) is 7.11 Å². The number of aliphatic hydroxyl groups excluding tert-OH is 1. The molecule has 0 bridgehead atoms. The molecule has 84 valence electrons. The van der Waals surface area contributed by atoms with Crippen LogP contribution in [0, 0.1) is 0 Å². The molecule has 0 saturated heterocycles. The molecule has 0 fully saturated rings. The summed E-state index contributed by atoms with van der Waals surface area (Å²) in [6, 6.07) is 5.02. The Labute approximate surface area is 95.7 Å². The van der Waals surface area contributed by atoms with Crippen molar-refractivity contribution in [2.24, 2.45) is 0 Å². The Kier molecular flexibility index (Phi) is 2.80. The number of fused-ring (bicyclic) bond motifs is 1. The number of aliphatic carboxylic acids is 1. The molecule has 0 aliphatic rings. The number of rotatable bonds is 3. The van der Waals surface area contributed by atoms with Gasteiger partial charge < -0.3 is 14.9 Å². The molecule has 2 aromatic rings. The van der Waals surface area contributed by atoms with Crippen molar-refractivity contribution >= 4 is 27.4 Å². The summed E-state index contributed by atoms with van der Waals surface area (Å²) in [5.74, 6) is -0.566. The van der Waals surface area contributed by atoms with E-state index in [0.29, 0.717) is 11.3 Å². The molecule has 5 heteroatoms. The molecule has 0 amide bonds. The highest BCUT2D eigenvalue weighted by molar-refractivity contribution is 7.17. The second kappa shape index (κ2) is 4.11. The quantitative estimate of drug-likeness (QED) is 0.858. The van der Waals surface area contributed by atoms with E-state index in [4.69, 9.17) is 9.84 Å². The molecule has 4 nitrogen and oxygen atoms in total. The zero-order valence-electron chi connectivity index (χ0n) is 8.51. The first kappa shape index (κ1) is 10.9. The Bertz CT molecular complexity index is 532. The van der Waals surface area contributed by atoms with E-state index in [1.165, 1.54) is 11.3 Å². The molecule has 0 saturated carbocycles. The lowest BCUT2D eigenvalue weighted by Gasteiger charge is -2.09. The first-order valence-electron chi connectivity index (χ1n) is 4.60. The Morgan fingerprint density at radius 1 is 1.44 bits per heavy atom. The molecule has 0 spiro atoms. The molecular formula is C11H10O4S. The number of hydrogen-bond donors (Lipinski definition) is 2. The predicted molar refractivity (Wildman–Crippen MR) is 61.0 cm³/mol. The number of carbonyl (C=O) groups is 1. The van der Waals surface area contributed by atoms with Gasteiger partial charge in [0.2, 0.25) is 0 Å². The van der Waals surface area contributed by atoms with Crippen LogP contribution < -0.4 is 4.74 Å². The van der Waals surface area contributed by atoms with Gasteiger partial charge in [-0.2, -0.15) is 0 Å². The second-order valence-electron chi connectivity index (χ2n) is 3.26. The molecule has 1 atom stereocenters. The van der Waals surface area contributed by atoms with Gasteiger partial charge in [0.25, 0.3) is 0 Å². The zero-order chi connectivity index (χ0) is 11.7. The summed E-state index contributed by atoms with van der Waals surface area (Å²) in [6.07, 6.45) is -1.50. The molecule has 2 N–H and O–H groups in total. The number of benzene rings is 1. The fraction of sp³-hybridized carbons (Fsp3) is 0.182. The maximum atomic E-state index is 10.7. The highest BCUT2D eigenvalue weighted by atomic mass is 32.1. The topological polar surface area (TPSA) is 66.8 Å². The van der Waals surface area contributed by atoms with Crippen LogP contribution in [0.25, 0.3) is 10.1 Å². The Balaban J connectivity index is 2.64. The van der Waals surface area contributed by atoms with Crippen molar-refractivity contribution in [3.63, 3.8) is 0 Å². The van der Waals surface area contributed by atoms with Crippen molar-refractivity contribution in [3.05, 3.63) is 29.1 Å². The van der Waals surface area contributed by atoms with Gasteiger partial charge in [0.05, 0.1) is 11.8 Å². The van der Waals surface area contributed by atoms with Crippen molar-refractivity contribution in [2.45, 2.75) is 6.10 Å². The van der Waals surface area contributed by atoms with E-state index in [9.17, 15) is 9.90 Å². The van der Waals surface area contributed by atoms with E-state index < -0.39 is 12.1 Å². The maximum Gasteiger partial charge on any atom is 0.337 e. The lowest BCUT2D eigenvalue weighted by molar-refractivity contribution is -0.146. The van der Waals surface area contributed by atoms with Crippen LogP contribution in [0.1, 0.15) is 11.7 Å². The SMILES string of the molecule is COc1ccc(C(O)C(=O)O)c2ccsc12. The second-order valence-corrected chi connectivity index (χ2v) is 4.18. The summed E-state index contributed by atoms with van der Waals surface area (Å²) in [5.41, 5.74) is 0.393. The molecule has 0 aliphatic heterocycles. The minimum atomic E-state index is -1.50. The van der Waals surface area contributed by atoms with Gasteiger partial charge >= 0.3 is 5.97 Å². The first-order chi connectivity index (χ1) is 7.65. The van der Waals surface area contributed by atoms with Crippen molar-refractivity contribution in [1.82, 2.24) is 0 Å². The Morgan fingerprint density at radius 3 is 2.81 bits per heavy atom. The predicted octanol–water partition coefficient (Wildman–Crippen LogP) is 2.03. The monoisotopic (exact) mass is 238 g/mol. The van der Waals surface area contributed by atoms with Crippen LogP contribution in [0.2, 0.25) is 0 Å². The number of carboxylic acids is 1. The van der Waals surface area contributed by atoms with Crippen LogP contribution in [0.5, 0.6) is 5.75 Å². The van der Waals surface area contributed by atoms with Crippen LogP contribution in [0.4, 0.5) is 0 Å². The highest BCUT2D eigenvalue weighted by Crippen LogP contribution is 2.35. The third-order valence-corrected chi connectivity index (χ3v) is 3.29. The molecule has 1 aromatic heterocycles. The average Bonchev–Trinajstić information content (AvgIpc) is 2.75. The molecule has 0 radical (unpaired) electrons. The van der Waals surface area contributed by atoms with Gasteiger partial charge in [-0.15, -0.1) is 11.3 Å². The van der Waals surface area contributed by atoms with Crippen LogP contribution in [-0.2, 0) is 4.79 Å². The maximum absolute atomic E-state index is 10.7. The van der Waals surface area contributed by atoms with Crippen molar-refractivity contribution in [1.29, 1.82) is 0 Å².